The lowest BCUT2D eigenvalue weighted by molar-refractivity contribution is 0.0665. The van der Waals surface area contributed by atoms with E-state index in [-0.39, 0.29) is 5.76 Å². The fraction of sp³-hybridized carbons (Fsp3) is 0.500. The van der Waals surface area contributed by atoms with Crippen LogP contribution in [0.15, 0.2) is 28.7 Å². The number of rotatable bonds is 6. The number of carboxylic acids is 1. The zero-order chi connectivity index (χ0) is 18.9. The van der Waals surface area contributed by atoms with Gasteiger partial charge in [-0.1, -0.05) is 6.07 Å². The second-order valence-electron chi connectivity index (χ2n) is 7.07. The lowest BCUT2D eigenvalue weighted by atomic mass is 9.97. The number of hydrogen-bond donors (Lipinski definition) is 1. The third-order valence-electron chi connectivity index (χ3n) is 4.88. The van der Waals surface area contributed by atoms with Gasteiger partial charge in [-0.05, 0) is 49.1 Å². The van der Waals surface area contributed by atoms with E-state index in [4.69, 9.17) is 9.52 Å². The Labute approximate surface area is 153 Å². The SMILES string of the molecule is CN(CC1CCCN(Cc2ccc3oc(C(=O)O)cc3c2)C1)S(C)(=O)=O. The van der Waals surface area contributed by atoms with Gasteiger partial charge in [-0.2, -0.15) is 0 Å². The molecule has 2 aromatic rings. The number of carbonyl (C=O) groups is 1. The van der Waals surface area contributed by atoms with E-state index in [2.05, 4.69) is 4.90 Å². The number of fused-ring (bicyclic) bond motifs is 1. The Hall–Kier alpha value is -1.90. The van der Waals surface area contributed by atoms with Crippen LogP contribution in [0.4, 0.5) is 0 Å². The lowest BCUT2D eigenvalue weighted by Crippen LogP contribution is -2.41. The Bertz CT molecular complexity index is 905. The van der Waals surface area contributed by atoms with Crippen molar-refractivity contribution in [2.24, 2.45) is 5.92 Å². The van der Waals surface area contributed by atoms with Crippen molar-refractivity contribution in [2.75, 3.05) is 32.9 Å². The first-order chi connectivity index (χ1) is 12.2. The average molecular weight is 380 g/mol. The summed E-state index contributed by atoms with van der Waals surface area (Å²) in [6.07, 6.45) is 3.30. The van der Waals surface area contributed by atoms with Gasteiger partial charge in [-0.3, -0.25) is 4.90 Å². The number of furan rings is 1. The van der Waals surface area contributed by atoms with E-state index in [1.165, 1.54) is 10.6 Å². The molecule has 1 saturated heterocycles. The van der Waals surface area contributed by atoms with Gasteiger partial charge in [0.15, 0.2) is 0 Å². The minimum atomic E-state index is -3.15. The fourth-order valence-corrected chi connectivity index (χ4v) is 3.98. The monoisotopic (exact) mass is 380 g/mol. The van der Waals surface area contributed by atoms with E-state index < -0.39 is 16.0 Å². The first kappa shape index (κ1) is 18.9. The van der Waals surface area contributed by atoms with Crippen LogP contribution in [-0.2, 0) is 16.6 Å². The highest BCUT2D eigenvalue weighted by Crippen LogP contribution is 2.24. The van der Waals surface area contributed by atoms with Gasteiger partial charge in [0.1, 0.15) is 5.58 Å². The molecule has 7 nitrogen and oxygen atoms in total. The van der Waals surface area contributed by atoms with Crippen LogP contribution in [0.3, 0.4) is 0 Å². The maximum absolute atomic E-state index is 11.6. The normalized spacial score (nSPS) is 19.3. The molecule has 1 aromatic carbocycles. The fourth-order valence-electron chi connectivity index (χ4n) is 3.50. The number of piperidine rings is 1. The van der Waals surface area contributed by atoms with Gasteiger partial charge in [-0.25, -0.2) is 17.5 Å². The van der Waals surface area contributed by atoms with Crippen LogP contribution in [0.25, 0.3) is 11.0 Å². The van der Waals surface area contributed by atoms with E-state index in [9.17, 15) is 13.2 Å². The number of likely N-dealkylation sites (tertiary alicyclic amines) is 1. The number of sulfonamides is 1. The highest BCUT2D eigenvalue weighted by atomic mass is 32.2. The van der Waals surface area contributed by atoms with E-state index in [1.54, 1.807) is 19.2 Å². The molecular weight excluding hydrogens is 356 g/mol. The Morgan fingerprint density at radius 1 is 1.38 bits per heavy atom. The predicted molar refractivity (Wildman–Crippen MR) is 98.6 cm³/mol. The third-order valence-corrected chi connectivity index (χ3v) is 6.16. The van der Waals surface area contributed by atoms with Gasteiger partial charge in [0.2, 0.25) is 15.8 Å². The van der Waals surface area contributed by atoms with Crippen molar-refractivity contribution in [3.8, 4) is 0 Å². The molecule has 142 valence electrons. The van der Waals surface area contributed by atoms with Crippen LogP contribution in [0.2, 0.25) is 0 Å². The van der Waals surface area contributed by atoms with Crippen molar-refractivity contribution in [3.63, 3.8) is 0 Å². The van der Waals surface area contributed by atoms with Crippen LogP contribution in [0, 0.1) is 5.92 Å². The van der Waals surface area contributed by atoms with Crippen molar-refractivity contribution in [3.05, 3.63) is 35.6 Å². The van der Waals surface area contributed by atoms with E-state index >= 15 is 0 Å². The van der Waals surface area contributed by atoms with Crippen LogP contribution in [-0.4, -0.2) is 61.6 Å². The summed E-state index contributed by atoms with van der Waals surface area (Å²) in [4.78, 5) is 13.3. The molecule has 0 saturated carbocycles. The number of hydrogen-bond acceptors (Lipinski definition) is 5. The molecule has 1 aromatic heterocycles. The van der Waals surface area contributed by atoms with Gasteiger partial charge in [-0.15, -0.1) is 0 Å². The maximum Gasteiger partial charge on any atom is 0.371 e. The quantitative estimate of drug-likeness (QED) is 0.826. The van der Waals surface area contributed by atoms with Gasteiger partial charge < -0.3 is 9.52 Å². The number of carboxylic acid groups (broad SMARTS) is 1. The molecule has 1 unspecified atom stereocenters. The molecule has 0 aliphatic carbocycles. The zero-order valence-corrected chi connectivity index (χ0v) is 15.8. The second kappa shape index (κ2) is 7.38. The van der Waals surface area contributed by atoms with Gasteiger partial charge in [0.25, 0.3) is 0 Å². The van der Waals surface area contributed by atoms with Crippen LogP contribution < -0.4 is 0 Å². The summed E-state index contributed by atoms with van der Waals surface area (Å²) in [5.41, 5.74) is 1.66. The molecule has 3 rings (SSSR count). The Morgan fingerprint density at radius 2 is 2.15 bits per heavy atom. The minimum Gasteiger partial charge on any atom is -0.475 e. The molecule has 0 spiro atoms. The van der Waals surface area contributed by atoms with E-state index in [0.717, 1.165) is 43.4 Å². The van der Waals surface area contributed by atoms with Crippen LogP contribution in [0.5, 0.6) is 0 Å². The largest absolute Gasteiger partial charge is 0.475 e. The predicted octanol–water partition coefficient (Wildman–Crippen LogP) is 2.23. The summed E-state index contributed by atoms with van der Waals surface area (Å²) in [7, 11) is -1.53. The summed E-state index contributed by atoms with van der Waals surface area (Å²) < 4.78 is 29.9. The Kier molecular flexibility index (Phi) is 5.36. The van der Waals surface area contributed by atoms with E-state index in [1.807, 2.05) is 12.1 Å². The van der Waals surface area contributed by atoms with Crippen molar-refractivity contribution < 1.29 is 22.7 Å². The number of aromatic carboxylic acids is 1. The van der Waals surface area contributed by atoms with Crippen molar-refractivity contribution >= 4 is 27.0 Å². The highest BCUT2D eigenvalue weighted by Gasteiger charge is 2.24. The molecule has 0 bridgehead atoms. The molecule has 26 heavy (non-hydrogen) atoms. The third kappa shape index (κ3) is 4.44. The number of benzene rings is 1. The summed E-state index contributed by atoms with van der Waals surface area (Å²) in [6, 6.07) is 7.25. The summed E-state index contributed by atoms with van der Waals surface area (Å²) in [6.45, 7) is 3.12. The molecule has 1 atom stereocenters. The molecule has 1 fully saturated rings. The molecule has 0 amide bonds. The minimum absolute atomic E-state index is 0.0565. The zero-order valence-electron chi connectivity index (χ0n) is 15.0. The second-order valence-corrected chi connectivity index (χ2v) is 9.16. The van der Waals surface area contributed by atoms with E-state index in [0.29, 0.717) is 18.0 Å². The lowest BCUT2D eigenvalue weighted by Gasteiger charge is -2.34. The smallest absolute Gasteiger partial charge is 0.371 e. The molecule has 1 aliphatic heterocycles. The molecule has 0 radical (unpaired) electrons. The van der Waals surface area contributed by atoms with Crippen LogP contribution >= 0.6 is 0 Å². The van der Waals surface area contributed by atoms with Crippen LogP contribution in [0.1, 0.15) is 29.0 Å². The van der Waals surface area contributed by atoms with Gasteiger partial charge in [0, 0.05) is 32.1 Å². The molecule has 1 aliphatic rings. The van der Waals surface area contributed by atoms with Crippen molar-refractivity contribution in [1.29, 1.82) is 0 Å². The first-order valence-corrected chi connectivity index (χ1v) is 10.5. The summed E-state index contributed by atoms with van der Waals surface area (Å²) in [5.74, 6) is -0.810. The summed E-state index contributed by atoms with van der Waals surface area (Å²) in [5, 5.41) is 9.81. The first-order valence-electron chi connectivity index (χ1n) is 8.62. The molecule has 8 heteroatoms. The standard InChI is InChI=1S/C18H24N2O5S/c1-19(26(2,23)24)10-14-4-3-7-20(12-14)11-13-5-6-16-15(8-13)9-17(25-16)18(21)22/h5-6,8-9,14H,3-4,7,10-12H2,1-2H3,(H,21,22). The highest BCUT2D eigenvalue weighted by molar-refractivity contribution is 7.88. The average Bonchev–Trinajstić information content (AvgIpc) is 2.98. The van der Waals surface area contributed by atoms with Gasteiger partial charge in [0.05, 0.1) is 6.26 Å². The topological polar surface area (TPSA) is 91.1 Å². The van der Waals surface area contributed by atoms with Crippen molar-refractivity contribution in [2.45, 2.75) is 19.4 Å². The van der Waals surface area contributed by atoms with Gasteiger partial charge >= 0.3 is 5.97 Å². The van der Waals surface area contributed by atoms with Crippen molar-refractivity contribution in [1.82, 2.24) is 9.21 Å². The molecule has 2 heterocycles. The number of nitrogens with zero attached hydrogens (tertiary/aromatic N) is 2. The Morgan fingerprint density at radius 3 is 2.85 bits per heavy atom. The molecule has 1 N–H and O–H groups in total. The summed E-state index contributed by atoms with van der Waals surface area (Å²) >= 11 is 0. The maximum atomic E-state index is 11.6. The molecular formula is C18H24N2O5S. The Balaban J connectivity index is 1.66.